The number of carboxylic acid groups (broad SMARTS) is 1. The van der Waals surface area contributed by atoms with E-state index in [4.69, 9.17) is 21.4 Å². The summed E-state index contributed by atoms with van der Waals surface area (Å²) in [6, 6.07) is 9.46. The fourth-order valence-electron chi connectivity index (χ4n) is 3.62. The molecule has 0 atom stereocenters. The topological polar surface area (TPSA) is 66.8 Å². The van der Waals surface area contributed by atoms with Crippen molar-refractivity contribution in [3.63, 3.8) is 0 Å². The number of hydrogen-bond acceptors (Lipinski definition) is 4. The van der Waals surface area contributed by atoms with E-state index in [0.29, 0.717) is 10.6 Å². The van der Waals surface area contributed by atoms with Gasteiger partial charge in [-0.25, -0.2) is 0 Å². The molecular weight excluding hydrogens is 479 g/mol. The second kappa shape index (κ2) is 10.1. The van der Waals surface area contributed by atoms with Crippen molar-refractivity contribution in [3.05, 3.63) is 59.1 Å². The third-order valence-electron chi connectivity index (χ3n) is 5.39. The van der Waals surface area contributed by atoms with Crippen LogP contribution in [0.5, 0.6) is 5.75 Å². The van der Waals surface area contributed by atoms with Crippen LogP contribution in [0.1, 0.15) is 24.0 Å². The third kappa shape index (κ3) is 5.47. The number of halogens is 4. The molecule has 33 heavy (non-hydrogen) atoms. The molecule has 1 aliphatic rings. The molecule has 1 saturated heterocycles. The number of rotatable bonds is 6. The maximum Gasteiger partial charge on any atom is 0.418 e. The van der Waals surface area contributed by atoms with E-state index in [1.54, 1.807) is 24.3 Å². The summed E-state index contributed by atoms with van der Waals surface area (Å²) >= 11 is 7.24. The summed E-state index contributed by atoms with van der Waals surface area (Å²) in [4.78, 5) is 26.0. The van der Waals surface area contributed by atoms with E-state index in [1.807, 2.05) is 0 Å². The zero-order chi connectivity index (χ0) is 24.3. The molecule has 0 bridgehead atoms. The number of carbonyl (C=O) groups excluding carboxylic acids is 1. The lowest BCUT2D eigenvalue weighted by atomic mass is 9.95. The summed E-state index contributed by atoms with van der Waals surface area (Å²) in [5.74, 6) is -1.71. The molecule has 0 saturated carbocycles. The highest BCUT2D eigenvalue weighted by Crippen LogP contribution is 2.46. The molecule has 1 amide bonds. The van der Waals surface area contributed by atoms with E-state index in [9.17, 15) is 22.8 Å². The van der Waals surface area contributed by atoms with E-state index in [2.05, 4.69) is 6.58 Å². The lowest BCUT2D eigenvalue weighted by Crippen LogP contribution is -2.40. The van der Waals surface area contributed by atoms with Crippen molar-refractivity contribution in [2.45, 2.75) is 28.8 Å². The number of para-hydroxylation sites is 1. The Bertz CT molecular complexity index is 1080. The molecule has 1 aliphatic heterocycles. The maximum absolute atomic E-state index is 14.0. The molecule has 10 heteroatoms. The zero-order valence-corrected chi connectivity index (χ0v) is 19.2. The quantitative estimate of drug-likeness (QED) is 0.505. The van der Waals surface area contributed by atoms with Gasteiger partial charge in [0.1, 0.15) is 5.75 Å². The first-order chi connectivity index (χ1) is 15.5. The fourth-order valence-corrected chi connectivity index (χ4v) is 4.97. The van der Waals surface area contributed by atoms with Crippen molar-refractivity contribution >= 4 is 40.8 Å². The number of alkyl halides is 3. The predicted octanol–water partition coefficient (Wildman–Crippen LogP) is 5.86. The van der Waals surface area contributed by atoms with E-state index in [-0.39, 0.29) is 36.4 Å². The molecule has 0 radical (unpaired) electrons. The first-order valence-corrected chi connectivity index (χ1v) is 11.2. The highest BCUT2D eigenvalue weighted by atomic mass is 35.5. The minimum atomic E-state index is -4.83. The Morgan fingerprint density at radius 2 is 1.79 bits per heavy atom. The minimum Gasteiger partial charge on any atom is -0.496 e. The van der Waals surface area contributed by atoms with Gasteiger partial charge in [-0.1, -0.05) is 48.1 Å². The standard InChI is InChI=1S/C23H21ClF3NO4S/c1-13(21(29)28-11-9-14(10-12-28)22(30)31)15-7-8-18(20(24)19(15)23(25,26)27)33-17-6-4-3-5-16(17)32-2/h3-8,14H,1,9-12H2,2H3,(H,30,31). The maximum atomic E-state index is 14.0. The Hall–Kier alpha value is -2.65. The van der Waals surface area contributed by atoms with Crippen LogP contribution in [0.15, 0.2) is 52.8 Å². The second-order valence-corrected chi connectivity index (χ2v) is 8.90. The number of hydrogen-bond donors (Lipinski definition) is 1. The molecule has 3 rings (SSSR count). The van der Waals surface area contributed by atoms with E-state index in [0.717, 1.165) is 11.8 Å². The van der Waals surface area contributed by atoms with Gasteiger partial charge in [0.05, 0.1) is 28.5 Å². The van der Waals surface area contributed by atoms with Gasteiger partial charge < -0.3 is 14.7 Å². The van der Waals surface area contributed by atoms with Crippen molar-refractivity contribution in [1.82, 2.24) is 4.90 Å². The summed E-state index contributed by atoms with van der Waals surface area (Å²) in [6.07, 6.45) is -4.37. The minimum absolute atomic E-state index is 0.131. The Morgan fingerprint density at radius 1 is 1.15 bits per heavy atom. The number of carbonyl (C=O) groups is 2. The Labute approximate surface area is 198 Å². The lowest BCUT2D eigenvalue weighted by Gasteiger charge is -2.31. The van der Waals surface area contributed by atoms with E-state index in [1.165, 1.54) is 24.1 Å². The first kappa shape index (κ1) is 25.0. The Balaban J connectivity index is 1.92. The van der Waals surface area contributed by atoms with Crippen LogP contribution in [-0.4, -0.2) is 42.1 Å². The van der Waals surface area contributed by atoms with Crippen LogP contribution in [0.2, 0.25) is 5.02 Å². The van der Waals surface area contributed by atoms with E-state index >= 15 is 0 Å². The molecule has 176 valence electrons. The Kier molecular flexibility index (Phi) is 7.64. The lowest BCUT2D eigenvalue weighted by molar-refractivity contribution is -0.145. The summed E-state index contributed by atoms with van der Waals surface area (Å²) in [5, 5.41) is 8.57. The molecular formula is C23H21ClF3NO4S. The normalized spacial score (nSPS) is 14.8. The molecule has 1 heterocycles. The number of amides is 1. The zero-order valence-electron chi connectivity index (χ0n) is 17.6. The van der Waals surface area contributed by atoms with Crippen LogP contribution < -0.4 is 4.74 Å². The average Bonchev–Trinajstić information content (AvgIpc) is 2.78. The van der Waals surface area contributed by atoms with Crippen LogP contribution in [0.4, 0.5) is 13.2 Å². The highest BCUT2D eigenvalue weighted by Gasteiger charge is 2.39. The van der Waals surface area contributed by atoms with Gasteiger partial charge in [0, 0.05) is 29.1 Å². The molecule has 5 nitrogen and oxygen atoms in total. The van der Waals surface area contributed by atoms with Crippen LogP contribution in [0.3, 0.4) is 0 Å². The van der Waals surface area contributed by atoms with Crippen molar-refractivity contribution in [3.8, 4) is 5.75 Å². The number of likely N-dealkylation sites (tertiary alicyclic amines) is 1. The SMILES string of the molecule is C=C(C(=O)N1CCC(C(=O)O)CC1)c1ccc(Sc2ccccc2OC)c(Cl)c1C(F)(F)F. The number of nitrogens with zero attached hydrogens (tertiary/aromatic N) is 1. The van der Waals surface area contributed by atoms with Crippen molar-refractivity contribution in [2.24, 2.45) is 5.92 Å². The number of ether oxygens (including phenoxy) is 1. The van der Waals surface area contributed by atoms with Crippen LogP contribution in [0, 0.1) is 5.92 Å². The molecule has 2 aromatic carbocycles. The van der Waals surface area contributed by atoms with Gasteiger partial charge in [0.25, 0.3) is 5.91 Å². The van der Waals surface area contributed by atoms with Gasteiger partial charge in [0.2, 0.25) is 0 Å². The van der Waals surface area contributed by atoms with Crippen LogP contribution >= 0.6 is 23.4 Å². The number of aliphatic carboxylic acids is 1. The first-order valence-electron chi connectivity index (χ1n) is 9.96. The molecule has 0 unspecified atom stereocenters. The highest BCUT2D eigenvalue weighted by molar-refractivity contribution is 7.99. The average molecular weight is 500 g/mol. The number of piperidine rings is 1. The number of methoxy groups -OCH3 is 1. The summed E-state index contributed by atoms with van der Waals surface area (Å²) in [5.41, 5.74) is -1.88. The van der Waals surface area contributed by atoms with Crippen LogP contribution in [-0.2, 0) is 15.8 Å². The van der Waals surface area contributed by atoms with Gasteiger partial charge in [-0.15, -0.1) is 0 Å². The fraction of sp³-hybridized carbons (Fsp3) is 0.304. The summed E-state index contributed by atoms with van der Waals surface area (Å²) < 4.78 is 47.3. The van der Waals surface area contributed by atoms with Gasteiger partial charge in [0.15, 0.2) is 0 Å². The molecule has 1 N–H and O–H groups in total. The van der Waals surface area contributed by atoms with Gasteiger partial charge in [-0.3, -0.25) is 9.59 Å². The van der Waals surface area contributed by atoms with Crippen molar-refractivity contribution in [2.75, 3.05) is 20.2 Å². The number of benzene rings is 2. The molecule has 0 aromatic heterocycles. The van der Waals surface area contributed by atoms with Crippen LogP contribution in [0.25, 0.3) is 5.57 Å². The van der Waals surface area contributed by atoms with E-state index < -0.39 is 40.1 Å². The molecule has 2 aromatic rings. The number of carboxylic acids is 1. The van der Waals surface area contributed by atoms with Crippen molar-refractivity contribution in [1.29, 1.82) is 0 Å². The van der Waals surface area contributed by atoms with Gasteiger partial charge in [-0.05, 0) is 31.0 Å². The smallest absolute Gasteiger partial charge is 0.418 e. The molecule has 0 spiro atoms. The Morgan fingerprint density at radius 3 is 2.36 bits per heavy atom. The second-order valence-electron chi connectivity index (χ2n) is 7.43. The molecule has 0 aliphatic carbocycles. The van der Waals surface area contributed by atoms with Crippen molar-refractivity contribution < 1.29 is 32.6 Å². The van der Waals surface area contributed by atoms with Gasteiger partial charge >= 0.3 is 12.1 Å². The monoisotopic (exact) mass is 499 g/mol. The summed E-state index contributed by atoms with van der Waals surface area (Å²) in [7, 11) is 1.46. The summed E-state index contributed by atoms with van der Waals surface area (Å²) in [6.45, 7) is 3.88. The largest absolute Gasteiger partial charge is 0.496 e. The molecule has 1 fully saturated rings. The predicted molar refractivity (Wildman–Crippen MR) is 120 cm³/mol. The third-order valence-corrected chi connectivity index (χ3v) is 7.02. The van der Waals surface area contributed by atoms with Gasteiger partial charge in [-0.2, -0.15) is 13.2 Å².